The van der Waals surface area contributed by atoms with Crippen molar-refractivity contribution >= 4 is 29.3 Å². The molecule has 2 atom stereocenters. The van der Waals surface area contributed by atoms with Crippen LogP contribution in [0.15, 0.2) is 72.8 Å². The van der Waals surface area contributed by atoms with Gasteiger partial charge >= 0.3 is 6.09 Å². The first kappa shape index (κ1) is 25.9. The fourth-order valence-electron chi connectivity index (χ4n) is 4.31. The maximum Gasteiger partial charge on any atom is 0.411 e. The lowest BCUT2D eigenvalue weighted by Gasteiger charge is -2.24. The second kappa shape index (κ2) is 11.2. The topological polar surface area (TPSA) is 87.7 Å². The normalized spacial score (nSPS) is 17.0. The molecule has 1 fully saturated rings. The molecule has 3 aromatic rings. The van der Waals surface area contributed by atoms with Gasteiger partial charge < -0.3 is 15.4 Å². The molecule has 0 radical (unpaired) electrons. The maximum atomic E-state index is 13.5. The zero-order valence-corrected chi connectivity index (χ0v) is 21.0. The molecule has 192 valence electrons. The number of aryl methyl sites for hydroxylation is 1. The summed E-state index contributed by atoms with van der Waals surface area (Å²) in [5.41, 5.74) is 3.52. The Morgan fingerprint density at radius 3 is 2.27 bits per heavy atom. The van der Waals surface area contributed by atoms with Crippen LogP contribution in [0.5, 0.6) is 0 Å². The minimum atomic E-state index is -0.973. The maximum absolute atomic E-state index is 13.5. The number of anilines is 2. The molecule has 0 aliphatic carbocycles. The molecule has 8 heteroatoms. The van der Waals surface area contributed by atoms with E-state index >= 15 is 0 Å². The Kier molecular flexibility index (Phi) is 7.86. The van der Waals surface area contributed by atoms with E-state index in [0.29, 0.717) is 23.4 Å². The number of benzene rings is 3. The summed E-state index contributed by atoms with van der Waals surface area (Å²) in [6.07, 6.45) is -1.08. The zero-order chi connectivity index (χ0) is 26.5. The molecular formula is C29H30FN3O4. The van der Waals surface area contributed by atoms with Crippen molar-refractivity contribution in [1.29, 1.82) is 0 Å². The standard InChI is InChI=1S/C29H30FN3O4/c1-18(2)15-25(34)31-23-11-7-21(8-12-23)27-26(28(35)32-24-13-9-22(30)10-14-24)33(29(36)37-27)17-20-6-4-5-19(3)16-20/h4-14,16,18,26-27H,15,17H2,1-3H3,(H,31,34)(H,32,35)/t26-,27+/m1/s1. The lowest BCUT2D eigenvalue weighted by molar-refractivity contribution is -0.121. The van der Waals surface area contributed by atoms with Crippen LogP contribution in [-0.2, 0) is 20.9 Å². The predicted octanol–water partition coefficient (Wildman–Crippen LogP) is 5.82. The number of hydrogen-bond acceptors (Lipinski definition) is 4. The van der Waals surface area contributed by atoms with E-state index in [4.69, 9.17) is 4.74 Å². The SMILES string of the molecule is Cc1cccc(CN2C(=O)O[C@@H](c3ccc(NC(=O)CC(C)C)cc3)[C@@H]2C(=O)Nc2ccc(F)cc2)c1. The number of ether oxygens (including phenoxy) is 1. The third kappa shape index (κ3) is 6.52. The Balaban J connectivity index is 1.60. The highest BCUT2D eigenvalue weighted by Crippen LogP contribution is 2.35. The number of amides is 3. The van der Waals surface area contributed by atoms with E-state index in [-0.39, 0.29) is 18.4 Å². The Labute approximate surface area is 215 Å². The van der Waals surface area contributed by atoms with Gasteiger partial charge in [-0.1, -0.05) is 55.8 Å². The second-order valence-corrected chi connectivity index (χ2v) is 9.63. The summed E-state index contributed by atoms with van der Waals surface area (Å²) in [4.78, 5) is 40.0. The summed E-state index contributed by atoms with van der Waals surface area (Å²) in [5.74, 6) is -0.728. The fourth-order valence-corrected chi connectivity index (χ4v) is 4.31. The first-order valence-corrected chi connectivity index (χ1v) is 12.2. The van der Waals surface area contributed by atoms with Crippen LogP contribution in [0, 0.1) is 18.7 Å². The summed E-state index contributed by atoms with van der Waals surface area (Å²) < 4.78 is 19.1. The lowest BCUT2D eigenvalue weighted by atomic mass is 10.00. The Bertz CT molecular complexity index is 1280. The molecule has 37 heavy (non-hydrogen) atoms. The second-order valence-electron chi connectivity index (χ2n) is 9.63. The molecular weight excluding hydrogens is 473 g/mol. The molecule has 1 aliphatic heterocycles. The van der Waals surface area contributed by atoms with Gasteiger partial charge in [0, 0.05) is 17.8 Å². The summed E-state index contributed by atoms with van der Waals surface area (Å²) >= 11 is 0. The van der Waals surface area contributed by atoms with E-state index in [2.05, 4.69) is 10.6 Å². The van der Waals surface area contributed by atoms with Gasteiger partial charge in [0.2, 0.25) is 5.91 Å². The highest BCUT2D eigenvalue weighted by Gasteiger charge is 2.47. The summed E-state index contributed by atoms with van der Waals surface area (Å²) in [6.45, 7) is 6.07. The summed E-state index contributed by atoms with van der Waals surface area (Å²) in [7, 11) is 0. The van der Waals surface area contributed by atoms with Crippen molar-refractivity contribution in [2.75, 3.05) is 10.6 Å². The van der Waals surface area contributed by atoms with E-state index in [1.54, 1.807) is 24.3 Å². The van der Waals surface area contributed by atoms with Gasteiger partial charge in [-0.25, -0.2) is 9.18 Å². The predicted molar refractivity (Wildman–Crippen MR) is 139 cm³/mol. The highest BCUT2D eigenvalue weighted by molar-refractivity contribution is 5.98. The van der Waals surface area contributed by atoms with Crippen LogP contribution in [0.2, 0.25) is 0 Å². The molecule has 3 aromatic carbocycles. The number of carbonyl (C=O) groups excluding carboxylic acids is 3. The molecule has 0 unspecified atom stereocenters. The third-order valence-corrected chi connectivity index (χ3v) is 6.02. The summed E-state index contributed by atoms with van der Waals surface area (Å²) in [6, 6.07) is 19.0. The van der Waals surface area contributed by atoms with Crippen molar-refractivity contribution in [2.24, 2.45) is 5.92 Å². The van der Waals surface area contributed by atoms with Crippen LogP contribution in [0.3, 0.4) is 0 Å². The molecule has 0 spiro atoms. The van der Waals surface area contributed by atoms with Crippen LogP contribution in [0.25, 0.3) is 0 Å². The van der Waals surface area contributed by atoms with Crippen molar-refractivity contribution in [3.05, 3.63) is 95.3 Å². The molecule has 1 saturated heterocycles. The largest absolute Gasteiger partial charge is 0.438 e. The monoisotopic (exact) mass is 503 g/mol. The molecule has 7 nitrogen and oxygen atoms in total. The average molecular weight is 504 g/mol. The van der Waals surface area contributed by atoms with Gasteiger partial charge in [-0.15, -0.1) is 0 Å². The van der Waals surface area contributed by atoms with Gasteiger partial charge in [0.25, 0.3) is 5.91 Å². The molecule has 1 aliphatic rings. The Morgan fingerprint density at radius 1 is 0.973 bits per heavy atom. The van der Waals surface area contributed by atoms with Crippen LogP contribution in [0.1, 0.15) is 43.1 Å². The zero-order valence-electron chi connectivity index (χ0n) is 21.0. The molecule has 0 saturated carbocycles. The van der Waals surface area contributed by atoms with Crippen molar-refractivity contribution in [3.63, 3.8) is 0 Å². The smallest absolute Gasteiger partial charge is 0.411 e. The van der Waals surface area contributed by atoms with E-state index in [9.17, 15) is 18.8 Å². The molecule has 4 rings (SSSR count). The van der Waals surface area contributed by atoms with E-state index < -0.39 is 30.0 Å². The number of nitrogens with zero attached hydrogens (tertiary/aromatic N) is 1. The summed E-state index contributed by atoms with van der Waals surface area (Å²) in [5, 5.41) is 5.63. The number of halogens is 1. The van der Waals surface area contributed by atoms with Gasteiger partial charge in [-0.05, 0) is 60.4 Å². The molecule has 1 heterocycles. The first-order valence-electron chi connectivity index (χ1n) is 12.2. The quantitative estimate of drug-likeness (QED) is 0.406. The van der Waals surface area contributed by atoms with Crippen LogP contribution >= 0.6 is 0 Å². The number of carbonyl (C=O) groups is 3. The molecule has 3 amide bonds. The minimum Gasteiger partial charge on any atom is -0.438 e. The van der Waals surface area contributed by atoms with Gasteiger partial charge in [-0.3, -0.25) is 14.5 Å². The first-order chi connectivity index (χ1) is 17.7. The molecule has 0 aromatic heterocycles. The van der Waals surface area contributed by atoms with E-state index in [1.165, 1.54) is 29.2 Å². The lowest BCUT2D eigenvalue weighted by Crippen LogP contribution is -2.43. The Hall–Kier alpha value is -4.20. The highest BCUT2D eigenvalue weighted by atomic mass is 19.1. The number of nitrogens with one attached hydrogen (secondary N) is 2. The van der Waals surface area contributed by atoms with Gasteiger partial charge in [-0.2, -0.15) is 0 Å². The molecule has 2 N–H and O–H groups in total. The number of rotatable bonds is 8. The van der Waals surface area contributed by atoms with Gasteiger partial charge in [0.15, 0.2) is 12.1 Å². The number of hydrogen-bond donors (Lipinski definition) is 2. The van der Waals surface area contributed by atoms with Crippen molar-refractivity contribution in [2.45, 2.75) is 45.9 Å². The average Bonchev–Trinajstić information content (AvgIpc) is 3.16. The molecule has 0 bridgehead atoms. The Morgan fingerprint density at radius 2 is 1.62 bits per heavy atom. The van der Waals surface area contributed by atoms with Crippen molar-refractivity contribution < 1.29 is 23.5 Å². The van der Waals surface area contributed by atoms with Gasteiger partial charge in [0.05, 0.1) is 6.54 Å². The van der Waals surface area contributed by atoms with Crippen molar-refractivity contribution in [1.82, 2.24) is 4.90 Å². The van der Waals surface area contributed by atoms with E-state index in [0.717, 1.165) is 11.1 Å². The minimum absolute atomic E-state index is 0.0871. The van der Waals surface area contributed by atoms with Crippen LogP contribution in [-0.4, -0.2) is 28.8 Å². The van der Waals surface area contributed by atoms with Crippen LogP contribution in [0.4, 0.5) is 20.6 Å². The fraction of sp³-hybridized carbons (Fsp3) is 0.276. The van der Waals surface area contributed by atoms with Crippen molar-refractivity contribution in [3.8, 4) is 0 Å². The third-order valence-electron chi connectivity index (χ3n) is 6.02. The van der Waals surface area contributed by atoms with Crippen LogP contribution < -0.4 is 10.6 Å². The van der Waals surface area contributed by atoms with E-state index in [1.807, 2.05) is 45.0 Å². The van der Waals surface area contributed by atoms with Gasteiger partial charge in [0.1, 0.15) is 5.82 Å². The number of cyclic esters (lactones) is 1.